The Balaban J connectivity index is 2.84. The molecule has 0 aromatic rings. The molecular formula is C11H23NO. The van der Waals surface area contributed by atoms with E-state index >= 15 is 0 Å². The van der Waals surface area contributed by atoms with Gasteiger partial charge in [-0.3, -0.25) is 0 Å². The van der Waals surface area contributed by atoms with E-state index in [2.05, 4.69) is 13.8 Å². The highest BCUT2D eigenvalue weighted by Crippen LogP contribution is 2.48. The fourth-order valence-corrected chi connectivity index (χ4v) is 2.91. The maximum atomic E-state index is 10.5. The van der Waals surface area contributed by atoms with E-state index in [0.717, 1.165) is 25.7 Å². The molecule has 2 nitrogen and oxygen atoms in total. The lowest BCUT2D eigenvalue weighted by atomic mass is 9.67. The molecule has 0 aromatic heterocycles. The molecule has 0 saturated heterocycles. The molecule has 78 valence electrons. The highest BCUT2D eigenvalue weighted by atomic mass is 16.3. The Bertz CT molecular complexity index is 157. The smallest absolute Gasteiger partial charge is 0.0710 e. The van der Waals surface area contributed by atoms with Gasteiger partial charge in [0, 0.05) is 12.0 Å². The van der Waals surface area contributed by atoms with Gasteiger partial charge in [-0.2, -0.15) is 0 Å². The molecule has 1 aliphatic carbocycles. The van der Waals surface area contributed by atoms with E-state index in [4.69, 9.17) is 5.73 Å². The monoisotopic (exact) mass is 185 g/mol. The summed E-state index contributed by atoms with van der Waals surface area (Å²) in [6, 6.07) is 0. The zero-order chi connectivity index (χ0) is 9.95. The number of rotatable bonds is 4. The maximum Gasteiger partial charge on any atom is 0.0710 e. The lowest BCUT2D eigenvalue weighted by molar-refractivity contribution is -0.0840. The molecule has 13 heavy (non-hydrogen) atoms. The second-order valence-electron chi connectivity index (χ2n) is 4.43. The quantitative estimate of drug-likeness (QED) is 0.704. The largest absolute Gasteiger partial charge is 0.389 e. The first-order valence-corrected chi connectivity index (χ1v) is 5.56. The van der Waals surface area contributed by atoms with E-state index in [1.807, 2.05) is 0 Å². The van der Waals surface area contributed by atoms with Crippen molar-refractivity contribution in [2.45, 2.75) is 58.0 Å². The van der Waals surface area contributed by atoms with Crippen LogP contribution in [0.1, 0.15) is 52.4 Å². The van der Waals surface area contributed by atoms with E-state index in [1.165, 1.54) is 12.8 Å². The van der Waals surface area contributed by atoms with Crippen molar-refractivity contribution in [3.63, 3.8) is 0 Å². The second kappa shape index (κ2) is 3.97. The third-order valence-electron chi connectivity index (χ3n) is 4.11. The molecule has 0 atom stereocenters. The molecule has 0 heterocycles. The van der Waals surface area contributed by atoms with Gasteiger partial charge in [-0.25, -0.2) is 0 Å². The van der Waals surface area contributed by atoms with Crippen molar-refractivity contribution in [1.29, 1.82) is 0 Å². The van der Waals surface area contributed by atoms with Crippen LogP contribution in [0, 0.1) is 5.41 Å². The molecule has 3 N–H and O–H groups in total. The van der Waals surface area contributed by atoms with Crippen LogP contribution in [0.5, 0.6) is 0 Å². The Morgan fingerprint density at radius 1 is 1.23 bits per heavy atom. The van der Waals surface area contributed by atoms with Gasteiger partial charge in [0.05, 0.1) is 5.60 Å². The first-order chi connectivity index (χ1) is 6.14. The second-order valence-corrected chi connectivity index (χ2v) is 4.43. The van der Waals surface area contributed by atoms with Crippen molar-refractivity contribution in [3.05, 3.63) is 0 Å². The van der Waals surface area contributed by atoms with Crippen LogP contribution < -0.4 is 5.73 Å². The van der Waals surface area contributed by atoms with Gasteiger partial charge < -0.3 is 10.8 Å². The molecule has 1 aliphatic rings. The van der Waals surface area contributed by atoms with E-state index in [0.29, 0.717) is 6.54 Å². The maximum absolute atomic E-state index is 10.5. The SMILES string of the molecule is CCC(O)(CC)C1(CN)CCCC1. The summed E-state index contributed by atoms with van der Waals surface area (Å²) >= 11 is 0. The Morgan fingerprint density at radius 2 is 1.69 bits per heavy atom. The molecule has 0 aliphatic heterocycles. The molecule has 0 aromatic carbocycles. The van der Waals surface area contributed by atoms with Crippen LogP contribution in [0.3, 0.4) is 0 Å². The molecule has 1 rings (SSSR count). The van der Waals surface area contributed by atoms with Gasteiger partial charge in [0.1, 0.15) is 0 Å². The molecule has 0 spiro atoms. The van der Waals surface area contributed by atoms with Crippen LogP contribution in [0.2, 0.25) is 0 Å². The van der Waals surface area contributed by atoms with Crippen LogP contribution in [-0.2, 0) is 0 Å². The normalized spacial score (nSPS) is 22.2. The average Bonchev–Trinajstić information content (AvgIpc) is 2.66. The summed E-state index contributed by atoms with van der Waals surface area (Å²) in [6.07, 6.45) is 6.36. The number of hydrogen-bond acceptors (Lipinski definition) is 2. The highest BCUT2D eigenvalue weighted by Gasteiger charge is 2.48. The van der Waals surface area contributed by atoms with Crippen LogP contribution >= 0.6 is 0 Å². The van der Waals surface area contributed by atoms with E-state index < -0.39 is 5.60 Å². The predicted molar refractivity (Wildman–Crippen MR) is 55.5 cm³/mol. The first-order valence-electron chi connectivity index (χ1n) is 5.56. The third-order valence-corrected chi connectivity index (χ3v) is 4.11. The average molecular weight is 185 g/mol. The topological polar surface area (TPSA) is 46.2 Å². The summed E-state index contributed by atoms with van der Waals surface area (Å²) in [5.74, 6) is 0. The molecule has 1 fully saturated rings. The standard InChI is InChI=1S/C11H23NO/c1-3-11(13,4-2)10(9-12)7-5-6-8-10/h13H,3-9,12H2,1-2H3. The summed E-state index contributed by atoms with van der Waals surface area (Å²) in [7, 11) is 0. The number of nitrogens with two attached hydrogens (primary N) is 1. The zero-order valence-electron chi connectivity index (χ0n) is 8.97. The molecule has 0 amide bonds. The van der Waals surface area contributed by atoms with E-state index in [-0.39, 0.29) is 5.41 Å². The van der Waals surface area contributed by atoms with Gasteiger partial charge in [-0.15, -0.1) is 0 Å². The molecule has 1 saturated carbocycles. The fourth-order valence-electron chi connectivity index (χ4n) is 2.91. The summed E-state index contributed by atoms with van der Waals surface area (Å²) < 4.78 is 0. The van der Waals surface area contributed by atoms with Crippen molar-refractivity contribution in [2.24, 2.45) is 11.1 Å². The van der Waals surface area contributed by atoms with Gasteiger partial charge in [-0.1, -0.05) is 26.7 Å². The van der Waals surface area contributed by atoms with Crippen molar-refractivity contribution < 1.29 is 5.11 Å². The molecular weight excluding hydrogens is 162 g/mol. The van der Waals surface area contributed by atoms with Crippen LogP contribution in [0.4, 0.5) is 0 Å². The lowest BCUT2D eigenvalue weighted by Crippen LogP contribution is -2.50. The minimum absolute atomic E-state index is 0.0243. The van der Waals surface area contributed by atoms with E-state index in [9.17, 15) is 5.11 Å². The van der Waals surface area contributed by atoms with Crippen LogP contribution in [0.25, 0.3) is 0 Å². The first kappa shape index (κ1) is 11.0. The van der Waals surface area contributed by atoms with Gasteiger partial charge in [-0.05, 0) is 25.7 Å². The summed E-state index contributed by atoms with van der Waals surface area (Å²) in [4.78, 5) is 0. The van der Waals surface area contributed by atoms with Gasteiger partial charge >= 0.3 is 0 Å². The summed E-state index contributed by atoms with van der Waals surface area (Å²) in [5, 5.41) is 10.5. The third kappa shape index (κ3) is 1.62. The fraction of sp³-hybridized carbons (Fsp3) is 1.00. The predicted octanol–water partition coefficient (Wildman–Crippen LogP) is 2.06. The van der Waals surface area contributed by atoms with Gasteiger partial charge in [0.25, 0.3) is 0 Å². The minimum atomic E-state index is -0.516. The highest BCUT2D eigenvalue weighted by molar-refractivity contribution is 5.00. The molecule has 0 bridgehead atoms. The zero-order valence-corrected chi connectivity index (χ0v) is 8.97. The number of hydrogen-bond donors (Lipinski definition) is 2. The summed E-state index contributed by atoms with van der Waals surface area (Å²) in [6.45, 7) is 4.78. The Labute approximate surface area is 81.5 Å². The lowest BCUT2D eigenvalue weighted by Gasteiger charge is -2.44. The van der Waals surface area contributed by atoms with Crippen LogP contribution in [0.15, 0.2) is 0 Å². The molecule has 0 unspecified atom stereocenters. The van der Waals surface area contributed by atoms with Gasteiger partial charge in [0.15, 0.2) is 0 Å². The van der Waals surface area contributed by atoms with Crippen molar-refractivity contribution >= 4 is 0 Å². The Kier molecular flexibility index (Phi) is 3.36. The Hall–Kier alpha value is -0.0800. The van der Waals surface area contributed by atoms with Crippen LogP contribution in [-0.4, -0.2) is 17.3 Å². The minimum Gasteiger partial charge on any atom is -0.389 e. The van der Waals surface area contributed by atoms with Crippen molar-refractivity contribution in [3.8, 4) is 0 Å². The molecule has 0 radical (unpaired) electrons. The molecule has 2 heteroatoms. The van der Waals surface area contributed by atoms with E-state index in [1.54, 1.807) is 0 Å². The number of aliphatic hydroxyl groups is 1. The van der Waals surface area contributed by atoms with Crippen molar-refractivity contribution in [1.82, 2.24) is 0 Å². The Morgan fingerprint density at radius 3 is 2.00 bits per heavy atom. The summed E-state index contributed by atoms with van der Waals surface area (Å²) in [5.41, 5.74) is 5.35. The van der Waals surface area contributed by atoms with Gasteiger partial charge in [0.2, 0.25) is 0 Å². The van der Waals surface area contributed by atoms with Crippen molar-refractivity contribution in [2.75, 3.05) is 6.54 Å².